The maximum absolute atomic E-state index is 2.61. The molecule has 0 atom stereocenters. The quantitative estimate of drug-likeness (QED) is 0.242. The molecule has 0 bridgehead atoms. The normalized spacial score (nSPS) is 13.2. The summed E-state index contributed by atoms with van der Waals surface area (Å²) >= 11 is -2.43. The van der Waals surface area contributed by atoms with Gasteiger partial charge in [0.05, 0.1) is 0 Å². The van der Waals surface area contributed by atoms with Gasteiger partial charge in [-0.2, -0.15) is 0 Å². The molecule has 0 nitrogen and oxygen atoms in total. The van der Waals surface area contributed by atoms with Crippen LogP contribution in [0, 0.1) is 13.8 Å². The van der Waals surface area contributed by atoms with Gasteiger partial charge in [0, 0.05) is 0 Å². The Hall–Kier alpha value is -2.31. The van der Waals surface area contributed by atoms with Crippen LogP contribution < -0.4 is 28.1 Å². The minimum Gasteiger partial charge on any atom is -1.00 e. The summed E-state index contributed by atoms with van der Waals surface area (Å²) in [6.45, 7) is 23.8. The molecule has 4 aromatic rings. The summed E-state index contributed by atoms with van der Waals surface area (Å²) in [6.07, 6.45) is 9.28. The molecule has 0 aliphatic heterocycles. The fourth-order valence-electron chi connectivity index (χ4n) is 7.46. The molecule has 4 aromatic carbocycles. The molecule has 0 heterocycles. The number of halogens is 2. The molecule has 3 heteroatoms. The maximum atomic E-state index is 2.61. The van der Waals surface area contributed by atoms with Crippen molar-refractivity contribution in [2.75, 3.05) is 0 Å². The van der Waals surface area contributed by atoms with Gasteiger partial charge in [0.2, 0.25) is 0 Å². The van der Waals surface area contributed by atoms with E-state index in [-0.39, 0.29) is 35.6 Å². The Bertz CT molecular complexity index is 1900. The SMILES string of the molecule is C[C](C)=[Zr+2]([C]1=CC=CC1)[c]1c2c(cc(C(C)(C)C)c1-c1ccccc1C)-c1cc(C(C)(C)C)c(-c3ccccc3C)cc1C2.[Cl-].[Cl-]. The van der Waals surface area contributed by atoms with E-state index >= 15 is 0 Å². The van der Waals surface area contributed by atoms with Crippen LogP contribution in [-0.2, 0) is 38.5 Å². The van der Waals surface area contributed by atoms with Gasteiger partial charge < -0.3 is 24.8 Å². The van der Waals surface area contributed by atoms with Gasteiger partial charge in [-0.05, 0) is 0 Å². The first-order chi connectivity index (χ1) is 20.8. The smallest absolute Gasteiger partial charge is 1.00 e. The first-order valence-electron chi connectivity index (χ1n) is 16.3. The second-order valence-corrected chi connectivity index (χ2v) is 22.4. The van der Waals surface area contributed by atoms with E-state index in [0.29, 0.717) is 0 Å². The van der Waals surface area contributed by atoms with Crippen LogP contribution in [0.4, 0.5) is 0 Å². The van der Waals surface area contributed by atoms with Crippen LogP contribution in [0.1, 0.15) is 95.2 Å². The van der Waals surface area contributed by atoms with E-state index in [9.17, 15) is 0 Å². The van der Waals surface area contributed by atoms with Crippen LogP contribution in [0.15, 0.2) is 88.2 Å². The molecule has 46 heavy (non-hydrogen) atoms. The third-order valence-electron chi connectivity index (χ3n) is 9.64. The minimum atomic E-state index is -2.43. The molecule has 0 unspecified atom stereocenters. The van der Waals surface area contributed by atoms with E-state index in [2.05, 4.69) is 154 Å². The van der Waals surface area contributed by atoms with Gasteiger partial charge in [-0.15, -0.1) is 0 Å². The van der Waals surface area contributed by atoms with E-state index in [1.807, 2.05) is 0 Å². The van der Waals surface area contributed by atoms with Gasteiger partial charge in [-0.1, -0.05) is 0 Å². The Balaban J connectivity index is 0.00000240. The Kier molecular flexibility index (Phi) is 10.9. The molecule has 6 rings (SSSR count). The van der Waals surface area contributed by atoms with Gasteiger partial charge in [-0.3, -0.25) is 0 Å². The fourth-order valence-corrected chi connectivity index (χ4v) is 15.1. The zero-order valence-corrected chi connectivity index (χ0v) is 33.2. The van der Waals surface area contributed by atoms with Crippen LogP contribution in [0.3, 0.4) is 0 Å². The standard InChI is InChI=1S/C35H37.C5H5.C3H6.2ClH.Zr/c1-22-13-9-11-15-26(22)30-18-24-17-25-19-31(27-16-12-10-14-23(27)2)33(35(6,7)8)21-29(25)28(24)20-32(30)34(3,4)5;1-2-4-5-3-1;1-3-2;;;/h9-16,18,20-21H,17H2,1-8H3;1-3H,4H2;1-2H3;2*1H;/q;;;;;+2/p-2. The number of hydrogen-bond donors (Lipinski definition) is 0. The van der Waals surface area contributed by atoms with E-state index in [1.54, 1.807) is 20.9 Å². The van der Waals surface area contributed by atoms with Crippen LogP contribution in [0.25, 0.3) is 33.4 Å². The van der Waals surface area contributed by atoms with Gasteiger partial charge >= 0.3 is 276 Å². The predicted molar refractivity (Wildman–Crippen MR) is 190 cm³/mol. The second-order valence-electron chi connectivity index (χ2n) is 15.3. The maximum Gasteiger partial charge on any atom is -1.00 e. The first kappa shape index (κ1) is 36.5. The number of aryl methyl sites for hydroxylation is 2. The Labute approximate surface area is 298 Å². The molecule has 0 spiro atoms. The van der Waals surface area contributed by atoms with Crippen LogP contribution in [0.2, 0.25) is 0 Å². The van der Waals surface area contributed by atoms with Gasteiger partial charge in [-0.25, -0.2) is 0 Å². The Morgan fingerprint density at radius 3 is 1.74 bits per heavy atom. The van der Waals surface area contributed by atoms with Crippen molar-refractivity contribution in [3.63, 3.8) is 0 Å². The van der Waals surface area contributed by atoms with Crippen molar-refractivity contribution in [2.24, 2.45) is 0 Å². The average molecular weight is 727 g/mol. The summed E-state index contributed by atoms with van der Waals surface area (Å²) in [5.74, 6) is 0. The summed E-state index contributed by atoms with van der Waals surface area (Å²) in [6, 6.07) is 25.8. The molecular formula is C43H48Cl2Zr. The molecule has 0 N–H and O–H groups in total. The number of allylic oxidation sites excluding steroid dienone is 4. The number of benzene rings is 4. The van der Waals surface area contributed by atoms with Crippen LogP contribution in [-0.4, -0.2) is 3.21 Å². The molecule has 238 valence electrons. The van der Waals surface area contributed by atoms with Crippen molar-refractivity contribution in [2.45, 2.75) is 92.9 Å². The van der Waals surface area contributed by atoms with E-state index in [4.69, 9.17) is 0 Å². The molecule has 0 amide bonds. The second kappa shape index (κ2) is 13.7. The average Bonchev–Trinajstić information content (AvgIpc) is 3.60. The third kappa shape index (κ3) is 6.55. The van der Waals surface area contributed by atoms with Crippen molar-refractivity contribution < 1.29 is 46.1 Å². The van der Waals surface area contributed by atoms with Crippen molar-refractivity contribution in [3.05, 3.63) is 122 Å². The summed E-state index contributed by atoms with van der Waals surface area (Å²) in [7, 11) is 0. The molecular weight excluding hydrogens is 679 g/mol. The van der Waals surface area contributed by atoms with Crippen LogP contribution in [0.5, 0.6) is 0 Å². The number of rotatable bonds is 4. The summed E-state index contributed by atoms with van der Waals surface area (Å²) in [5, 5.41) is 0. The van der Waals surface area contributed by atoms with Crippen molar-refractivity contribution >= 4 is 6.48 Å². The van der Waals surface area contributed by atoms with Crippen LogP contribution >= 0.6 is 0 Å². The molecule has 2 aliphatic carbocycles. The summed E-state index contributed by atoms with van der Waals surface area (Å²) < 4.78 is 5.10. The van der Waals surface area contributed by atoms with Crippen molar-refractivity contribution in [1.82, 2.24) is 0 Å². The molecule has 0 fully saturated rings. The predicted octanol–water partition coefficient (Wildman–Crippen LogP) is 5.11. The largest absolute Gasteiger partial charge is 1.00 e. The third-order valence-corrected chi connectivity index (χ3v) is 17.2. The van der Waals surface area contributed by atoms with E-state index < -0.39 is 21.3 Å². The zero-order chi connectivity index (χ0) is 31.6. The van der Waals surface area contributed by atoms with Gasteiger partial charge in [0.25, 0.3) is 0 Å². The summed E-state index contributed by atoms with van der Waals surface area (Å²) in [4.78, 5) is 0. The molecule has 0 aromatic heterocycles. The Morgan fingerprint density at radius 2 is 1.22 bits per heavy atom. The van der Waals surface area contributed by atoms with Gasteiger partial charge in [0.15, 0.2) is 0 Å². The van der Waals surface area contributed by atoms with Gasteiger partial charge in [0.1, 0.15) is 0 Å². The Morgan fingerprint density at radius 1 is 0.652 bits per heavy atom. The topological polar surface area (TPSA) is 0 Å². The van der Waals surface area contributed by atoms with E-state index in [0.717, 1.165) is 12.8 Å². The number of hydrogen-bond acceptors (Lipinski definition) is 0. The number of fused-ring (bicyclic) bond motifs is 3. The molecule has 0 saturated carbocycles. The van der Waals surface area contributed by atoms with E-state index in [1.165, 1.54) is 55.6 Å². The fraction of sp³-hybridized carbons (Fsp3) is 0.326. The summed E-state index contributed by atoms with van der Waals surface area (Å²) in [5.41, 5.74) is 17.5. The zero-order valence-electron chi connectivity index (χ0n) is 29.3. The molecule has 0 radical (unpaired) electrons. The van der Waals surface area contributed by atoms with Crippen molar-refractivity contribution in [3.8, 4) is 33.4 Å². The molecule has 0 saturated heterocycles. The van der Waals surface area contributed by atoms with Crippen molar-refractivity contribution in [1.29, 1.82) is 0 Å². The molecule has 2 aliphatic rings. The minimum absolute atomic E-state index is 0. The monoisotopic (exact) mass is 724 g/mol. The first-order valence-corrected chi connectivity index (χ1v) is 20.0.